The van der Waals surface area contributed by atoms with Gasteiger partial charge < -0.3 is 11.1 Å². The number of para-hydroxylation sites is 1. The van der Waals surface area contributed by atoms with E-state index in [4.69, 9.17) is 5.73 Å². The zero-order chi connectivity index (χ0) is 12.7. The Hall–Kier alpha value is -0.870. The van der Waals surface area contributed by atoms with Crippen LogP contribution in [0.25, 0.3) is 0 Å². The van der Waals surface area contributed by atoms with E-state index in [0.29, 0.717) is 11.3 Å². The summed E-state index contributed by atoms with van der Waals surface area (Å²) in [5.74, 6) is 2.10. The van der Waals surface area contributed by atoms with E-state index in [1.54, 1.807) is 12.1 Å². The largest absolute Gasteiger partial charge is 0.398 e. The van der Waals surface area contributed by atoms with Crippen LogP contribution in [-0.4, -0.2) is 23.5 Å². The average Bonchev–Trinajstić information content (AvgIpc) is 2.29. The number of nitrogens with two attached hydrogens (primary N) is 1. The number of carbonyl (C=O) groups excluding carboxylic acids is 1. The standard InChI is InChI=1S/C13H20N2OS.ClH/c1-3-17-9-8-10(2)15-13(16)11-6-4-5-7-12(11)14;/h4-7,10H,3,8-9,14H2,1-2H3,(H,15,16);1H. The van der Waals surface area contributed by atoms with Gasteiger partial charge in [0, 0.05) is 11.7 Å². The summed E-state index contributed by atoms with van der Waals surface area (Å²) in [6.45, 7) is 4.16. The molecule has 1 aromatic carbocycles. The highest BCUT2D eigenvalue weighted by molar-refractivity contribution is 7.99. The third-order valence-electron chi connectivity index (χ3n) is 2.48. The van der Waals surface area contributed by atoms with Crippen LogP contribution in [0.15, 0.2) is 24.3 Å². The Morgan fingerprint density at radius 2 is 2.11 bits per heavy atom. The van der Waals surface area contributed by atoms with Gasteiger partial charge in [0.2, 0.25) is 0 Å². The molecule has 0 saturated carbocycles. The van der Waals surface area contributed by atoms with Crippen molar-refractivity contribution < 1.29 is 4.79 Å². The van der Waals surface area contributed by atoms with Crippen molar-refractivity contribution in [3.63, 3.8) is 0 Å². The number of carbonyl (C=O) groups is 1. The fourth-order valence-electron chi connectivity index (χ4n) is 1.48. The zero-order valence-electron chi connectivity index (χ0n) is 10.8. The van der Waals surface area contributed by atoms with Crippen molar-refractivity contribution in [2.24, 2.45) is 0 Å². The van der Waals surface area contributed by atoms with E-state index >= 15 is 0 Å². The van der Waals surface area contributed by atoms with Gasteiger partial charge in [-0.2, -0.15) is 11.8 Å². The maximum atomic E-state index is 11.9. The Bertz CT molecular complexity index is 374. The van der Waals surface area contributed by atoms with Gasteiger partial charge in [0.25, 0.3) is 5.91 Å². The number of nitrogen functional groups attached to an aromatic ring is 1. The monoisotopic (exact) mass is 288 g/mol. The van der Waals surface area contributed by atoms with E-state index in [-0.39, 0.29) is 24.4 Å². The molecule has 0 fully saturated rings. The van der Waals surface area contributed by atoms with E-state index in [1.165, 1.54) is 0 Å². The molecule has 0 aliphatic rings. The summed E-state index contributed by atoms with van der Waals surface area (Å²) in [6, 6.07) is 7.32. The van der Waals surface area contributed by atoms with E-state index < -0.39 is 0 Å². The lowest BCUT2D eigenvalue weighted by Gasteiger charge is -2.14. The molecule has 0 saturated heterocycles. The van der Waals surface area contributed by atoms with Gasteiger partial charge in [0.15, 0.2) is 0 Å². The molecule has 0 spiro atoms. The quantitative estimate of drug-likeness (QED) is 0.625. The number of halogens is 1. The van der Waals surface area contributed by atoms with Crippen LogP contribution < -0.4 is 11.1 Å². The van der Waals surface area contributed by atoms with Gasteiger partial charge in [-0.15, -0.1) is 12.4 Å². The van der Waals surface area contributed by atoms with Crippen molar-refractivity contribution in [3.8, 4) is 0 Å². The van der Waals surface area contributed by atoms with Gasteiger partial charge in [-0.1, -0.05) is 19.1 Å². The Morgan fingerprint density at radius 3 is 2.72 bits per heavy atom. The van der Waals surface area contributed by atoms with Gasteiger partial charge >= 0.3 is 0 Å². The Labute approximate surface area is 119 Å². The van der Waals surface area contributed by atoms with Gasteiger partial charge in [-0.3, -0.25) is 4.79 Å². The lowest BCUT2D eigenvalue weighted by Crippen LogP contribution is -2.33. The number of hydrogen-bond acceptors (Lipinski definition) is 3. The number of anilines is 1. The van der Waals surface area contributed by atoms with Gasteiger partial charge in [0.1, 0.15) is 0 Å². The van der Waals surface area contributed by atoms with Crippen molar-refractivity contribution in [1.82, 2.24) is 5.32 Å². The van der Waals surface area contributed by atoms with Gasteiger partial charge in [-0.25, -0.2) is 0 Å². The highest BCUT2D eigenvalue weighted by Gasteiger charge is 2.11. The molecule has 5 heteroatoms. The molecule has 3 N–H and O–H groups in total. The third-order valence-corrected chi connectivity index (χ3v) is 3.41. The summed E-state index contributed by atoms with van der Waals surface area (Å²) in [6.07, 6.45) is 0.983. The van der Waals surface area contributed by atoms with Crippen molar-refractivity contribution in [2.45, 2.75) is 26.3 Å². The number of amides is 1. The van der Waals surface area contributed by atoms with E-state index in [0.717, 1.165) is 17.9 Å². The van der Waals surface area contributed by atoms with Crippen LogP contribution in [0.1, 0.15) is 30.6 Å². The molecule has 1 amide bonds. The van der Waals surface area contributed by atoms with E-state index in [1.807, 2.05) is 30.8 Å². The zero-order valence-corrected chi connectivity index (χ0v) is 12.4. The van der Waals surface area contributed by atoms with E-state index in [2.05, 4.69) is 12.2 Å². The maximum Gasteiger partial charge on any atom is 0.253 e. The predicted molar refractivity (Wildman–Crippen MR) is 82.6 cm³/mol. The minimum atomic E-state index is -0.0860. The minimum absolute atomic E-state index is 0. The molecule has 0 bridgehead atoms. The molecule has 0 heterocycles. The molecule has 1 atom stereocenters. The number of hydrogen-bond donors (Lipinski definition) is 2. The van der Waals surface area contributed by atoms with Gasteiger partial charge in [0.05, 0.1) is 5.56 Å². The molecular formula is C13H21ClN2OS. The Balaban J connectivity index is 0.00000289. The van der Waals surface area contributed by atoms with Crippen LogP contribution in [-0.2, 0) is 0 Å². The molecule has 0 aromatic heterocycles. The smallest absolute Gasteiger partial charge is 0.253 e. The molecule has 0 aliphatic carbocycles. The second kappa shape index (κ2) is 9.11. The average molecular weight is 289 g/mol. The summed E-state index contributed by atoms with van der Waals surface area (Å²) >= 11 is 1.89. The first-order valence-electron chi connectivity index (χ1n) is 5.88. The van der Waals surface area contributed by atoms with Crippen molar-refractivity contribution in [1.29, 1.82) is 0 Å². The SMILES string of the molecule is CCSCCC(C)NC(=O)c1ccccc1N.Cl. The van der Waals surface area contributed by atoms with Crippen molar-refractivity contribution in [3.05, 3.63) is 29.8 Å². The lowest BCUT2D eigenvalue weighted by atomic mass is 10.1. The van der Waals surface area contributed by atoms with Crippen LogP contribution in [0.5, 0.6) is 0 Å². The van der Waals surface area contributed by atoms with Crippen LogP contribution in [0.3, 0.4) is 0 Å². The fraction of sp³-hybridized carbons (Fsp3) is 0.462. The van der Waals surface area contributed by atoms with Crippen molar-refractivity contribution in [2.75, 3.05) is 17.2 Å². The number of benzene rings is 1. The number of rotatable bonds is 6. The summed E-state index contributed by atoms with van der Waals surface area (Å²) < 4.78 is 0. The summed E-state index contributed by atoms with van der Waals surface area (Å²) in [5.41, 5.74) is 6.84. The Kier molecular flexibility index (Phi) is 8.67. The Morgan fingerprint density at radius 1 is 1.44 bits per heavy atom. The maximum absolute atomic E-state index is 11.9. The van der Waals surface area contributed by atoms with Crippen LogP contribution in [0, 0.1) is 0 Å². The molecular weight excluding hydrogens is 268 g/mol. The molecule has 0 radical (unpaired) electrons. The number of nitrogens with one attached hydrogen (secondary N) is 1. The second-order valence-electron chi connectivity index (χ2n) is 3.95. The number of thioether (sulfide) groups is 1. The first-order valence-corrected chi connectivity index (χ1v) is 7.03. The molecule has 0 aliphatic heterocycles. The topological polar surface area (TPSA) is 55.1 Å². The van der Waals surface area contributed by atoms with Crippen molar-refractivity contribution >= 4 is 35.8 Å². The normalized spacial score (nSPS) is 11.4. The third kappa shape index (κ3) is 5.65. The molecule has 1 rings (SSSR count). The lowest BCUT2D eigenvalue weighted by molar-refractivity contribution is 0.0940. The van der Waals surface area contributed by atoms with E-state index in [9.17, 15) is 4.79 Å². The second-order valence-corrected chi connectivity index (χ2v) is 5.34. The first kappa shape index (κ1) is 17.1. The highest BCUT2D eigenvalue weighted by atomic mass is 35.5. The summed E-state index contributed by atoms with van der Waals surface area (Å²) in [4.78, 5) is 11.9. The first-order chi connectivity index (χ1) is 8.15. The predicted octanol–water partition coefficient (Wildman–Crippen LogP) is 2.95. The molecule has 102 valence electrons. The highest BCUT2D eigenvalue weighted by Crippen LogP contribution is 2.11. The molecule has 1 unspecified atom stereocenters. The molecule has 18 heavy (non-hydrogen) atoms. The van der Waals surface area contributed by atoms with Crippen LogP contribution >= 0.6 is 24.2 Å². The van der Waals surface area contributed by atoms with Crippen LogP contribution in [0.2, 0.25) is 0 Å². The summed E-state index contributed by atoms with van der Waals surface area (Å²) in [5, 5.41) is 2.96. The molecule has 1 aromatic rings. The molecule has 3 nitrogen and oxygen atoms in total. The van der Waals surface area contributed by atoms with Gasteiger partial charge in [-0.05, 0) is 37.0 Å². The summed E-state index contributed by atoms with van der Waals surface area (Å²) in [7, 11) is 0. The minimum Gasteiger partial charge on any atom is -0.398 e. The van der Waals surface area contributed by atoms with Crippen LogP contribution in [0.4, 0.5) is 5.69 Å². The fourth-order valence-corrected chi connectivity index (χ4v) is 2.29.